The first-order valence-electron chi connectivity index (χ1n) is 7.40. The van der Waals surface area contributed by atoms with Crippen molar-refractivity contribution in [3.63, 3.8) is 0 Å². The summed E-state index contributed by atoms with van der Waals surface area (Å²) in [7, 11) is 0. The largest absolute Gasteiger partial charge is 0.382 e. The van der Waals surface area contributed by atoms with Crippen molar-refractivity contribution >= 4 is 11.6 Å². The Hall–Kier alpha value is -1.85. The molecule has 0 spiro atoms. The van der Waals surface area contributed by atoms with Gasteiger partial charge in [-0.2, -0.15) is 0 Å². The van der Waals surface area contributed by atoms with Crippen LogP contribution in [0.2, 0.25) is 0 Å². The second kappa shape index (κ2) is 6.74. The van der Waals surface area contributed by atoms with E-state index in [-0.39, 0.29) is 5.91 Å². The first kappa shape index (κ1) is 15.5. The van der Waals surface area contributed by atoms with E-state index in [0.717, 1.165) is 17.8 Å². The van der Waals surface area contributed by atoms with Gasteiger partial charge in [0, 0.05) is 12.5 Å². The Morgan fingerprint density at radius 1 is 1.43 bits per heavy atom. The van der Waals surface area contributed by atoms with E-state index < -0.39 is 6.10 Å². The van der Waals surface area contributed by atoms with Crippen LogP contribution in [-0.2, 0) is 22.6 Å². The van der Waals surface area contributed by atoms with Gasteiger partial charge in [-0.25, -0.2) is 0 Å². The molecule has 0 unspecified atom stereocenters. The molecule has 1 amide bonds. The lowest BCUT2D eigenvalue weighted by Crippen LogP contribution is -2.34. The molecule has 1 atom stereocenters. The zero-order valence-corrected chi connectivity index (χ0v) is 13.0. The van der Waals surface area contributed by atoms with Gasteiger partial charge >= 0.3 is 0 Å². The predicted molar refractivity (Wildman–Crippen MR) is 78.7 cm³/mol. The zero-order valence-electron chi connectivity index (χ0n) is 13.0. The normalized spacial score (nSPS) is 18.0. The fourth-order valence-electron chi connectivity index (χ4n) is 2.12. The van der Waals surface area contributed by atoms with E-state index in [1.54, 1.807) is 0 Å². The number of nitrogens with one attached hydrogen (secondary N) is 1. The summed E-state index contributed by atoms with van der Waals surface area (Å²) in [6.07, 6.45) is 0.897. The molecule has 1 N–H and O–H groups in total. The van der Waals surface area contributed by atoms with Crippen LogP contribution >= 0.6 is 0 Å². The second-order valence-corrected chi connectivity index (χ2v) is 6.14. The fourth-order valence-corrected chi connectivity index (χ4v) is 2.12. The molecule has 0 fully saturated rings. The molecule has 1 aromatic heterocycles. The fraction of sp³-hybridized carbons (Fsp3) is 0.667. The van der Waals surface area contributed by atoms with Crippen molar-refractivity contribution in [2.45, 2.75) is 53.2 Å². The van der Waals surface area contributed by atoms with Gasteiger partial charge < -0.3 is 14.7 Å². The van der Waals surface area contributed by atoms with Crippen LogP contribution < -0.4 is 5.32 Å². The molecule has 0 saturated heterocycles. The Balaban J connectivity index is 1.78. The van der Waals surface area contributed by atoms with Gasteiger partial charge in [-0.05, 0) is 18.3 Å². The second-order valence-electron chi connectivity index (χ2n) is 6.14. The predicted octanol–water partition coefficient (Wildman–Crippen LogP) is 2.29. The van der Waals surface area contributed by atoms with Gasteiger partial charge in [0.1, 0.15) is 0 Å². The van der Waals surface area contributed by atoms with Crippen LogP contribution in [0.4, 0.5) is 0 Å². The molecular weight excluding hydrogens is 270 g/mol. The third-order valence-corrected chi connectivity index (χ3v) is 3.31. The molecule has 0 radical (unpaired) electrons. The van der Waals surface area contributed by atoms with Crippen LogP contribution in [0.5, 0.6) is 0 Å². The van der Waals surface area contributed by atoms with E-state index in [9.17, 15) is 4.79 Å². The van der Waals surface area contributed by atoms with Crippen molar-refractivity contribution in [1.29, 1.82) is 0 Å². The smallest absolute Gasteiger partial charge is 0.264 e. The molecular formula is C15H23N3O3. The highest BCUT2D eigenvalue weighted by molar-refractivity contribution is 5.93. The van der Waals surface area contributed by atoms with E-state index in [1.165, 1.54) is 0 Å². The number of oxime groups is 1. The minimum Gasteiger partial charge on any atom is -0.382 e. The van der Waals surface area contributed by atoms with Crippen LogP contribution in [0.15, 0.2) is 15.7 Å². The van der Waals surface area contributed by atoms with E-state index in [2.05, 4.69) is 29.5 Å². The summed E-state index contributed by atoms with van der Waals surface area (Å²) in [6.45, 7) is 8.64. The van der Waals surface area contributed by atoms with Gasteiger partial charge in [0.25, 0.3) is 5.91 Å². The van der Waals surface area contributed by atoms with Crippen molar-refractivity contribution in [3.05, 3.63) is 17.5 Å². The Bertz CT molecular complexity index is 520. The maximum atomic E-state index is 12.0. The van der Waals surface area contributed by atoms with Crippen LogP contribution in [0.3, 0.4) is 0 Å². The average Bonchev–Trinajstić information content (AvgIpc) is 3.04. The maximum Gasteiger partial charge on any atom is 0.264 e. The van der Waals surface area contributed by atoms with E-state index in [4.69, 9.17) is 9.36 Å². The minimum atomic E-state index is -0.527. The van der Waals surface area contributed by atoms with Gasteiger partial charge in [-0.3, -0.25) is 4.79 Å². The average molecular weight is 293 g/mol. The monoisotopic (exact) mass is 293 g/mol. The standard InChI is InChI=1S/C15H23N3O3/c1-9(2)5-11-6-12(20-17-11)8-16-15(19)14-7-13(10(3)4)18-21-14/h6,9-10,14H,5,7-8H2,1-4H3,(H,16,19)/t14-/m0/s1. The molecule has 6 heteroatoms. The molecule has 0 saturated carbocycles. The molecule has 1 aromatic rings. The first-order valence-corrected chi connectivity index (χ1v) is 7.40. The Morgan fingerprint density at radius 2 is 2.19 bits per heavy atom. The lowest BCUT2D eigenvalue weighted by Gasteiger charge is -2.08. The lowest BCUT2D eigenvalue weighted by molar-refractivity contribution is -0.131. The molecule has 0 aromatic carbocycles. The van der Waals surface area contributed by atoms with Gasteiger partial charge in [-0.15, -0.1) is 0 Å². The van der Waals surface area contributed by atoms with E-state index >= 15 is 0 Å². The quantitative estimate of drug-likeness (QED) is 0.873. The Morgan fingerprint density at radius 3 is 2.81 bits per heavy atom. The van der Waals surface area contributed by atoms with Crippen LogP contribution in [0, 0.1) is 11.8 Å². The highest BCUT2D eigenvalue weighted by Crippen LogP contribution is 2.16. The van der Waals surface area contributed by atoms with Gasteiger partial charge in [-0.1, -0.05) is 38.0 Å². The topological polar surface area (TPSA) is 76.7 Å². The van der Waals surface area contributed by atoms with Gasteiger partial charge in [0.2, 0.25) is 6.10 Å². The molecule has 116 valence electrons. The molecule has 1 aliphatic rings. The molecule has 6 nitrogen and oxygen atoms in total. The third kappa shape index (κ3) is 4.31. The highest BCUT2D eigenvalue weighted by atomic mass is 16.6. The number of carbonyl (C=O) groups is 1. The van der Waals surface area contributed by atoms with Crippen molar-refractivity contribution in [3.8, 4) is 0 Å². The Kier molecular flexibility index (Phi) is 4.98. The summed E-state index contributed by atoms with van der Waals surface area (Å²) < 4.78 is 5.20. The van der Waals surface area contributed by atoms with E-state index in [0.29, 0.717) is 30.6 Å². The number of hydrogen-bond acceptors (Lipinski definition) is 5. The van der Waals surface area contributed by atoms with Crippen molar-refractivity contribution < 1.29 is 14.2 Å². The molecule has 2 rings (SSSR count). The van der Waals surface area contributed by atoms with Crippen LogP contribution in [0.1, 0.15) is 45.6 Å². The van der Waals surface area contributed by atoms with Crippen molar-refractivity contribution in [2.75, 3.05) is 0 Å². The molecule has 21 heavy (non-hydrogen) atoms. The Labute approximate surface area is 124 Å². The third-order valence-electron chi connectivity index (χ3n) is 3.31. The summed E-state index contributed by atoms with van der Waals surface area (Å²) in [4.78, 5) is 17.2. The number of carbonyl (C=O) groups excluding carboxylic acids is 1. The van der Waals surface area contributed by atoms with Crippen LogP contribution in [0.25, 0.3) is 0 Å². The minimum absolute atomic E-state index is 0.170. The highest BCUT2D eigenvalue weighted by Gasteiger charge is 2.29. The number of hydrogen-bond donors (Lipinski definition) is 1. The summed E-state index contributed by atoms with van der Waals surface area (Å²) in [5.41, 5.74) is 1.84. The first-order chi connectivity index (χ1) is 9.95. The van der Waals surface area contributed by atoms with Crippen molar-refractivity contribution in [2.24, 2.45) is 17.0 Å². The van der Waals surface area contributed by atoms with Crippen LogP contribution in [-0.4, -0.2) is 22.9 Å². The summed E-state index contributed by atoms with van der Waals surface area (Å²) in [5, 5.41) is 10.7. The van der Waals surface area contributed by atoms with E-state index in [1.807, 2.05) is 19.9 Å². The van der Waals surface area contributed by atoms with Crippen molar-refractivity contribution in [1.82, 2.24) is 10.5 Å². The molecule has 0 aliphatic carbocycles. The number of aromatic nitrogens is 1. The summed E-state index contributed by atoms with van der Waals surface area (Å²) in [5.74, 6) is 1.31. The maximum absolute atomic E-state index is 12.0. The zero-order chi connectivity index (χ0) is 15.4. The number of nitrogens with zero attached hydrogens (tertiary/aromatic N) is 2. The van der Waals surface area contributed by atoms with Gasteiger partial charge in [0.05, 0.1) is 18.0 Å². The molecule has 1 aliphatic heterocycles. The lowest BCUT2D eigenvalue weighted by atomic mass is 10.0. The summed E-state index contributed by atoms with van der Waals surface area (Å²) in [6, 6.07) is 1.88. The summed E-state index contributed by atoms with van der Waals surface area (Å²) >= 11 is 0. The van der Waals surface area contributed by atoms with Gasteiger partial charge in [0.15, 0.2) is 5.76 Å². The number of rotatable bonds is 6. The SMILES string of the molecule is CC(C)Cc1cc(CNC(=O)[C@@H]2CC(C(C)C)=NO2)on1. The molecule has 0 bridgehead atoms. The number of amides is 1. The molecule has 2 heterocycles.